The summed E-state index contributed by atoms with van der Waals surface area (Å²) in [5.41, 5.74) is 0.999. The Bertz CT molecular complexity index is 369. The lowest BCUT2D eigenvalue weighted by molar-refractivity contribution is -0.126. The lowest BCUT2D eigenvalue weighted by Gasteiger charge is -2.26. The highest BCUT2D eigenvalue weighted by molar-refractivity contribution is 5.91. The zero-order valence-electron chi connectivity index (χ0n) is 9.10. The van der Waals surface area contributed by atoms with E-state index in [0.717, 1.165) is 31.7 Å². The van der Waals surface area contributed by atoms with E-state index in [-0.39, 0.29) is 5.91 Å². The highest BCUT2D eigenvalue weighted by Crippen LogP contribution is 2.01. The molecular formula is C12H15N3O. The average molecular weight is 217 g/mol. The normalized spacial score (nSPS) is 16.6. The van der Waals surface area contributed by atoms with E-state index in [2.05, 4.69) is 10.3 Å². The minimum atomic E-state index is 0.0818. The number of aromatic nitrogens is 1. The Hall–Kier alpha value is -1.68. The molecule has 1 amide bonds. The maximum atomic E-state index is 11.8. The van der Waals surface area contributed by atoms with Crippen LogP contribution in [0.1, 0.15) is 5.56 Å². The fourth-order valence-corrected chi connectivity index (χ4v) is 1.63. The molecule has 2 rings (SSSR count). The van der Waals surface area contributed by atoms with Crippen molar-refractivity contribution in [2.24, 2.45) is 0 Å². The standard InChI is InChI=1S/C12H15N3O/c16-12(15-9-7-14-8-10-15)2-1-11-3-5-13-6-4-11/h1-6,14H,7-10H2. The second-order valence-corrected chi connectivity index (χ2v) is 3.69. The first kappa shape index (κ1) is 10.8. The fourth-order valence-electron chi connectivity index (χ4n) is 1.63. The first-order valence-corrected chi connectivity index (χ1v) is 5.44. The molecule has 84 valence electrons. The summed E-state index contributed by atoms with van der Waals surface area (Å²) in [5.74, 6) is 0.0818. The van der Waals surface area contributed by atoms with Crippen molar-refractivity contribution in [2.45, 2.75) is 0 Å². The van der Waals surface area contributed by atoms with Crippen LogP contribution in [0.25, 0.3) is 6.08 Å². The van der Waals surface area contributed by atoms with E-state index in [4.69, 9.17) is 0 Å². The fraction of sp³-hybridized carbons (Fsp3) is 0.333. The third-order valence-corrected chi connectivity index (χ3v) is 2.55. The van der Waals surface area contributed by atoms with Crippen LogP contribution in [0.3, 0.4) is 0 Å². The molecule has 16 heavy (non-hydrogen) atoms. The minimum absolute atomic E-state index is 0.0818. The van der Waals surface area contributed by atoms with E-state index in [9.17, 15) is 4.79 Å². The van der Waals surface area contributed by atoms with Crippen molar-refractivity contribution in [3.05, 3.63) is 36.2 Å². The van der Waals surface area contributed by atoms with Crippen LogP contribution in [0.2, 0.25) is 0 Å². The van der Waals surface area contributed by atoms with Crippen LogP contribution < -0.4 is 5.32 Å². The van der Waals surface area contributed by atoms with E-state index < -0.39 is 0 Å². The highest BCUT2D eigenvalue weighted by Gasteiger charge is 2.12. The predicted octanol–water partition coefficient (Wildman–Crippen LogP) is 0.527. The third kappa shape index (κ3) is 2.90. The van der Waals surface area contributed by atoms with Crippen LogP contribution >= 0.6 is 0 Å². The predicted molar refractivity (Wildman–Crippen MR) is 62.7 cm³/mol. The molecule has 0 saturated carbocycles. The Morgan fingerprint density at radius 3 is 2.69 bits per heavy atom. The summed E-state index contributed by atoms with van der Waals surface area (Å²) >= 11 is 0. The Morgan fingerprint density at radius 1 is 1.31 bits per heavy atom. The molecule has 0 aliphatic carbocycles. The van der Waals surface area contributed by atoms with Crippen LogP contribution in [0.5, 0.6) is 0 Å². The zero-order chi connectivity index (χ0) is 11.2. The number of rotatable bonds is 2. The van der Waals surface area contributed by atoms with Gasteiger partial charge in [0.25, 0.3) is 0 Å². The van der Waals surface area contributed by atoms with Gasteiger partial charge in [-0.25, -0.2) is 0 Å². The van der Waals surface area contributed by atoms with E-state index >= 15 is 0 Å². The molecule has 0 spiro atoms. The van der Waals surface area contributed by atoms with E-state index in [1.807, 2.05) is 23.1 Å². The molecule has 0 unspecified atom stereocenters. The van der Waals surface area contributed by atoms with Crippen molar-refractivity contribution in [1.82, 2.24) is 15.2 Å². The number of nitrogens with zero attached hydrogens (tertiary/aromatic N) is 2. The van der Waals surface area contributed by atoms with Gasteiger partial charge in [0.05, 0.1) is 0 Å². The summed E-state index contributed by atoms with van der Waals surface area (Å²) in [6, 6.07) is 3.75. The molecule has 2 heterocycles. The van der Waals surface area contributed by atoms with Crippen molar-refractivity contribution in [3.8, 4) is 0 Å². The van der Waals surface area contributed by atoms with Gasteiger partial charge in [0.2, 0.25) is 5.91 Å². The Kier molecular flexibility index (Phi) is 3.66. The monoisotopic (exact) mass is 217 g/mol. The van der Waals surface area contributed by atoms with Crippen molar-refractivity contribution < 1.29 is 4.79 Å². The van der Waals surface area contributed by atoms with E-state index in [1.165, 1.54) is 0 Å². The average Bonchev–Trinajstić information content (AvgIpc) is 2.38. The number of pyridine rings is 1. The van der Waals surface area contributed by atoms with Gasteiger partial charge < -0.3 is 10.2 Å². The quantitative estimate of drug-likeness (QED) is 0.735. The van der Waals surface area contributed by atoms with Gasteiger partial charge in [0.1, 0.15) is 0 Å². The van der Waals surface area contributed by atoms with Gasteiger partial charge in [-0.3, -0.25) is 9.78 Å². The lowest BCUT2D eigenvalue weighted by atomic mass is 10.2. The van der Waals surface area contributed by atoms with Crippen molar-refractivity contribution in [1.29, 1.82) is 0 Å². The Balaban J connectivity index is 1.93. The third-order valence-electron chi connectivity index (χ3n) is 2.55. The van der Waals surface area contributed by atoms with Gasteiger partial charge >= 0.3 is 0 Å². The summed E-state index contributed by atoms with van der Waals surface area (Å²) in [7, 11) is 0. The maximum absolute atomic E-state index is 11.8. The molecule has 4 heteroatoms. The number of hydrogen-bond donors (Lipinski definition) is 1. The van der Waals surface area contributed by atoms with Crippen molar-refractivity contribution in [2.75, 3.05) is 26.2 Å². The number of carbonyl (C=O) groups excluding carboxylic acids is 1. The van der Waals surface area contributed by atoms with Gasteiger partial charge in [-0.05, 0) is 23.8 Å². The van der Waals surface area contributed by atoms with Crippen LogP contribution in [0.15, 0.2) is 30.6 Å². The first-order chi connectivity index (χ1) is 7.86. The molecule has 4 nitrogen and oxygen atoms in total. The molecule has 0 bridgehead atoms. The first-order valence-electron chi connectivity index (χ1n) is 5.44. The summed E-state index contributed by atoms with van der Waals surface area (Å²) < 4.78 is 0. The molecule has 1 saturated heterocycles. The molecule has 1 aliphatic heterocycles. The summed E-state index contributed by atoms with van der Waals surface area (Å²) in [6.07, 6.45) is 6.89. The molecule has 1 fully saturated rings. The second kappa shape index (κ2) is 5.42. The maximum Gasteiger partial charge on any atom is 0.246 e. The van der Waals surface area contributed by atoms with Crippen LogP contribution in [-0.2, 0) is 4.79 Å². The van der Waals surface area contributed by atoms with Gasteiger partial charge in [-0.15, -0.1) is 0 Å². The van der Waals surface area contributed by atoms with Crippen LogP contribution in [0, 0.1) is 0 Å². The van der Waals surface area contributed by atoms with Crippen molar-refractivity contribution >= 4 is 12.0 Å². The van der Waals surface area contributed by atoms with Gasteiger partial charge in [-0.1, -0.05) is 0 Å². The number of piperazine rings is 1. The second-order valence-electron chi connectivity index (χ2n) is 3.69. The summed E-state index contributed by atoms with van der Waals surface area (Å²) in [5, 5.41) is 3.22. The SMILES string of the molecule is O=C(C=Cc1ccncc1)N1CCNCC1. The molecule has 1 N–H and O–H groups in total. The smallest absolute Gasteiger partial charge is 0.246 e. The highest BCUT2D eigenvalue weighted by atomic mass is 16.2. The molecule has 0 aromatic carbocycles. The van der Waals surface area contributed by atoms with E-state index in [0.29, 0.717) is 0 Å². The number of carbonyl (C=O) groups is 1. The number of amides is 1. The van der Waals surface area contributed by atoms with Crippen LogP contribution in [-0.4, -0.2) is 42.0 Å². The number of nitrogens with one attached hydrogen (secondary N) is 1. The van der Waals surface area contributed by atoms with Gasteiger partial charge in [0, 0.05) is 44.6 Å². The Labute approximate surface area is 95.0 Å². The van der Waals surface area contributed by atoms with Gasteiger partial charge in [-0.2, -0.15) is 0 Å². The largest absolute Gasteiger partial charge is 0.337 e. The number of hydrogen-bond acceptors (Lipinski definition) is 3. The zero-order valence-corrected chi connectivity index (χ0v) is 9.10. The molecular weight excluding hydrogens is 202 g/mol. The Morgan fingerprint density at radius 2 is 2.00 bits per heavy atom. The minimum Gasteiger partial charge on any atom is -0.337 e. The summed E-state index contributed by atoms with van der Waals surface area (Å²) in [4.78, 5) is 17.5. The van der Waals surface area contributed by atoms with Gasteiger partial charge in [0.15, 0.2) is 0 Å². The topological polar surface area (TPSA) is 45.2 Å². The lowest BCUT2D eigenvalue weighted by Crippen LogP contribution is -2.45. The molecule has 0 atom stereocenters. The summed E-state index contributed by atoms with van der Waals surface area (Å²) in [6.45, 7) is 3.35. The molecule has 0 radical (unpaired) electrons. The van der Waals surface area contributed by atoms with E-state index in [1.54, 1.807) is 18.5 Å². The molecule has 1 aromatic rings. The van der Waals surface area contributed by atoms with Crippen LogP contribution in [0.4, 0.5) is 0 Å². The molecule has 1 aliphatic rings. The molecule has 1 aromatic heterocycles. The van der Waals surface area contributed by atoms with Crippen molar-refractivity contribution in [3.63, 3.8) is 0 Å².